The largest absolute Gasteiger partial charge is 0.388 e. The van der Waals surface area contributed by atoms with E-state index in [2.05, 4.69) is 34.7 Å². The Kier molecular flexibility index (Phi) is 5.36. The lowest BCUT2D eigenvalue weighted by Crippen LogP contribution is -2.15. The predicted octanol–water partition coefficient (Wildman–Crippen LogP) is 5.35. The summed E-state index contributed by atoms with van der Waals surface area (Å²) in [6.45, 7) is 4.10. The summed E-state index contributed by atoms with van der Waals surface area (Å²) < 4.78 is 0. The molecule has 30 heavy (non-hydrogen) atoms. The number of amides is 1. The summed E-state index contributed by atoms with van der Waals surface area (Å²) in [4.78, 5) is 28.4. The molecule has 152 valence electrons. The Morgan fingerprint density at radius 2 is 1.67 bits per heavy atom. The number of carbonyl (C=O) groups excluding carboxylic acids is 2. The van der Waals surface area contributed by atoms with Crippen LogP contribution in [0.1, 0.15) is 56.3 Å². The van der Waals surface area contributed by atoms with Gasteiger partial charge in [-0.25, -0.2) is 0 Å². The minimum atomic E-state index is -0.268. The fourth-order valence-electron chi connectivity index (χ4n) is 3.90. The third-order valence-electron chi connectivity index (χ3n) is 5.82. The van der Waals surface area contributed by atoms with Crippen molar-refractivity contribution in [1.29, 1.82) is 0 Å². The van der Waals surface area contributed by atoms with E-state index in [1.54, 1.807) is 6.07 Å². The van der Waals surface area contributed by atoms with E-state index in [9.17, 15) is 9.59 Å². The van der Waals surface area contributed by atoms with Gasteiger partial charge in [-0.05, 0) is 78.6 Å². The molecule has 3 aromatic rings. The molecule has 1 fully saturated rings. The van der Waals surface area contributed by atoms with Crippen LogP contribution in [0.25, 0.3) is 11.1 Å². The number of benzene rings is 2. The van der Waals surface area contributed by atoms with E-state index in [0.717, 1.165) is 58.3 Å². The molecule has 0 aliphatic heterocycles. The van der Waals surface area contributed by atoms with Crippen LogP contribution in [-0.2, 0) is 0 Å². The summed E-state index contributed by atoms with van der Waals surface area (Å²) in [7, 11) is 1.91. The van der Waals surface area contributed by atoms with Gasteiger partial charge in [0.2, 0.25) is 0 Å². The number of aromatic nitrogens is 1. The van der Waals surface area contributed by atoms with Crippen molar-refractivity contribution in [3.05, 3.63) is 76.6 Å². The Labute approximate surface area is 176 Å². The average molecular weight is 399 g/mol. The molecule has 1 saturated carbocycles. The maximum absolute atomic E-state index is 12.9. The molecule has 0 bridgehead atoms. The van der Waals surface area contributed by atoms with Crippen LogP contribution >= 0.6 is 0 Å². The van der Waals surface area contributed by atoms with Crippen molar-refractivity contribution in [3.63, 3.8) is 0 Å². The first-order valence-corrected chi connectivity index (χ1v) is 10.2. The normalized spacial score (nSPS) is 13.0. The topological polar surface area (TPSA) is 71.1 Å². The van der Waals surface area contributed by atoms with Gasteiger partial charge < -0.3 is 10.6 Å². The molecule has 0 spiro atoms. The van der Waals surface area contributed by atoms with Crippen molar-refractivity contribution in [2.24, 2.45) is 0 Å². The number of anilines is 2. The molecule has 0 saturated heterocycles. The summed E-state index contributed by atoms with van der Waals surface area (Å²) in [6.07, 6.45) is 4.43. The number of rotatable bonds is 6. The molecule has 1 amide bonds. The van der Waals surface area contributed by atoms with Crippen molar-refractivity contribution < 1.29 is 9.59 Å². The first-order valence-electron chi connectivity index (χ1n) is 10.2. The summed E-state index contributed by atoms with van der Waals surface area (Å²) in [5.41, 5.74) is 8.02. The van der Waals surface area contributed by atoms with Crippen LogP contribution < -0.4 is 10.6 Å². The van der Waals surface area contributed by atoms with Crippen LogP contribution in [0.5, 0.6) is 0 Å². The van der Waals surface area contributed by atoms with Crippen LogP contribution in [-0.4, -0.2) is 24.2 Å². The zero-order valence-electron chi connectivity index (χ0n) is 17.5. The third-order valence-corrected chi connectivity index (χ3v) is 5.82. The standard InChI is InChI=1S/C25H25N3O2/c1-15-19(6-4-8-22(15)26-3)20-7-5-9-23(16(20)2)28-25(30)24-12-21(17-10-11-17)18(14-29)13-27-24/h4-9,12-14,17,26H,10-11H2,1-3H3,(H,28,30). The molecule has 1 aliphatic carbocycles. The molecule has 1 aliphatic rings. The second-order valence-electron chi connectivity index (χ2n) is 7.75. The van der Waals surface area contributed by atoms with Gasteiger partial charge in [-0.1, -0.05) is 24.3 Å². The monoisotopic (exact) mass is 399 g/mol. The first-order chi connectivity index (χ1) is 14.5. The maximum Gasteiger partial charge on any atom is 0.274 e. The molecule has 0 atom stereocenters. The molecule has 5 heteroatoms. The molecule has 2 aromatic carbocycles. The van der Waals surface area contributed by atoms with E-state index >= 15 is 0 Å². The van der Waals surface area contributed by atoms with Crippen molar-refractivity contribution >= 4 is 23.6 Å². The lowest BCUT2D eigenvalue weighted by molar-refractivity contribution is 0.102. The Bertz CT molecular complexity index is 1130. The number of hydrogen-bond acceptors (Lipinski definition) is 4. The number of pyridine rings is 1. The minimum absolute atomic E-state index is 0.268. The lowest BCUT2D eigenvalue weighted by atomic mass is 9.94. The Balaban J connectivity index is 1.65. The molecular formula is C25H25N3O2. The van der Waals surface area contributed by atoms with Crippen LogP contribution in [0.2, 0.25) is 0 Å². The summed E-state index contributed by atoms with van der Waals surface area (Å²) >= 11 is 0. The Morgan fingerprint density at radius 1 is 1.03 bits per heavy atom. The van der Waals surface area contributed by atoms with Gasteiger partial charge in [0.1, 0.15) is 5.69 Å². The van der Waals surface area contributed by atoms with Gasteiger partial charge in [0.05, 0.1) is 0 Å². The van der Waals surface area contributed by atoms with Gasteiger partial charge in [0.15, 0.2) is 6.29 Å². The van der Waals surface area contributed by atoms with E-state index in [-0.39, 0.29) is 5.91 Å². The molecule has 1 heterocycles. The number of nitrogens with zero attached hydrogens (tertiary/aromatic N) is 1. The molecule has 1 aromatic heterocycles. The van der Waals surface area contributed by atoms with Crippen molar-refractivity contribution in [2.75, 3.05) is 17.7 Å². The van der Waals surface area contributed by atoms with E-state index < -0.39 is 0 Å². The maximum atomic E-state index is 12.9. The summed E-state index contributed by atoms with van der Waals surface area (Å²) in [6, 6.07) is 13.8. The summed E-state index contributed by atoms with van der Waals surface area (Å²) in [5.74, 6) is 0.0996. The quantitative estimate of drug-likeness (QED) is 0.548. The highest BCUT2D eigenvalue weighted by Gasteiger charge is 2.27. The Hall–Kier alpha value is -3.47. The highest BCUT2D eigenvalue weighted by Crippen LogP contribution is 2.41. The SMILES string of the molecule is CNc1cccc(-c2cccc(NC(=O)c3cc(C4CC4)c(C=O)cn3)c2C)c1C. The van der Waals surface area contributed by atoms with Crippen LogP contribution in [0.4, 0.5) is 11.4 Å². The van der Waals surface area contributed by atoms with E-state index in [1.165, 1.54) is 6.20 Å². The van der Waals surface area contributed by atoms with E-state index in [4.69, 9.17) is 0 Å². The fraction of sp³-hybridized carbons (Fsp3) is 0.240. The summed E-state index contributed by atoms with van der Waals surface area (Å²) in [5, 5.41) is 6.22. The van der Waals surface area contributed by atoms with Crippen molar-refractivity contribution in [2.45, 2.75) is 32.6 Å². The molecule has 2 N–H and O–H groups in total. The van der Waals surface area contributed by atoms with E-state index in [0.29, 0.717) is 17.2 Å². The number of hydrogen-bond donors (Lipinski definition) is 2. The molecule has 5 nitrogen and oxygen atoms in total. The van der Waals surface area contributed by atoms with Crippen LogP contribution in [0.3, 0.4) is 0 Å². The van der Waals surface area contributed by atoms with Gasteiger partial charge in [0.25, 0.3) is 5.91 Å². The van der Waals surface area contributed by atoms with Crippen LogP contribution in [0, 0.1) is 13.8 Å². The molecule has 0 unspecified atom stereocenters. The van der Waals surface area contributed by atoms with Gasteiger partial charge >= 0.3 is 0 Å². The molecular weight excluding hydrogens is 374 g/mol. The second kappa shape index (κ2) is 8.11. The fourth-order valence-corrected chi connectivity index (χ4v) is 3.90. The minimum Gasteiger partial charge on any atom is -0.388 e. The van der Waals surface area contributed by atoms with Crippen molar-refractivity contribution in [3.8, 4) is 11.1 Å². The average Bonchev–Trinajstić information content (AvgIpc) is 3.60. The highest BCUT2D eigenvalue weighted by molar-refractivity contribution is 6.04. The Morgan fingerprint density at radius 3 is 2.27 bits per heavy atom. The zero-order chi connectivity index (χ0) is 21.3. The van der Waals surface area contributed by atoms with Crippen LogP contribution in [0.15, 0.2) is 48.7 Å². The van der Waals surface area contributed by atoms with E-state index in [1.807, 2.05) is 38.2 Å². The zero-order valence-corrected chi connectivity index (χ0v) is 17.5. The van der Waals surface area contributed by atoms with Gasteiger partial charge in [-0.3, -0.25) is 14.6 Å². The van der Waals surface area contributed by atoms with Gasteiger partial charge in [-0.2, -0.15) is 0 Å². The number of nitrogens with one attached hydrogen (secondary N) is 2. The first kappa shape index (κ1) is 19.8. The molecule has 4 rings (SSSR count). The number of aldehydes is 1. The third kappa shape index (κ3) is 3.71. The van der Waals surface area contributed by atoms with Gasteiger partial charge in [0, 0.05) is 30.2 Å². The lowest BCUT2D eigenvalue weighted by Gasteiger charge is -2.16. The molecule has 0 radical (unpaired) electrons. The van der Waals surface area contributed by atoms with Crippen molar-refractivity contribution in [1.82, 2.24) is 4.98 Å². The van der Waals surface area contributed by atoms with Gasteiger partial charge in [-0.15, -0.1) is 0 Å². The number of carbonyl (C=O) groups is 2. The smallest absolute Gasteiger partial charge is 0.274 e. The second-order valence-corrected chi connectivity index (χ2v) is 7.75. The predicted molar refractivity (Wildman–Crippen MR) is 120 cm³/mol. The highest BCUT2D eigenvalue weighted by atomic mass is 16.1.